The van der Waals surface area contributed by atoms with Gasteiger partial charge < -0.3 is 10.4 Å². The van der Waals surface area contributed by atoms with Gasteiger partial charge >= 0.3 is 5.97 Å². The second kappa shape index (κ2) is 4.40. The van der Waals surface area contributed by atoms with Crippen molar-refractivity contribution in [2.75, 3.05) is 11.9 Å². The number of anilines is 1. The van der Waals surface area contributed by atoms with E-state index in [2.05, 4.69) is 12.2 Å². The molecule has 0 bridgehead atoms. The molecule has 0 saturated heterocycles. The third-order valence-corrected chi connectivity index (χ3v) is 3.74. The Hall–Kier alpha value is -1.51. The Morgan fingerprint density at radius 3 is 2.65 bits per heavy atom. The quantitative estimate of drug-likeness (QED) is 0.839. The maximum absolute atomic E-state index is 10.8. The van der Waals surface area contributed by atoms with Crippen molar-refractivity contribution in [1.29, 1.82) is 0 Å². The highest BCUT2D eigenvalue weighted by Crippen LogP contribution is 2.40. The fourth-order valence-corrected chi connectivity index (χ4v) is 2.26. The highest BCUT2D eigenvalue weighted by atomic mass is 16.4. The Balaban J connectivity index is 2.03. The van der Waals surface area contributed by atoms with Crippen LogP contribution in [0.3, 0.4) is 0 Å². The zero-order valence-electron chi connectivity index (χ0n) is 10.4. The number of hydrogen-bond acceptors (Lipinski definition) is 2. The van der Waals surface area contributed by atoms with Crippen LogP contribution in [0, 0.1) is 12.3 Å². The summed E-state index contributed by atoms with van der Waals surface area (Å²) < 4.78 is 0. The summed E-state index contributed by atoms with van der Waals surface area (Å²) in [6.45, 7) is 5.21. The lowest BCUT2D eigenvalue weighted by Crippen LogP contribution is -2.33. The summed E-state index contributed by atoms with van der Waals surface area (Å²) in [7, 11) is 0. The topological polar surface area (TPSA) is 49.3 Å². The van der Waals surface area contributed by atoms with Crippen LogP contribution in [-0.4, -0.2) is 17.6 Å². The number of carboxylic acids is 1. The minimum Gasteiger partial charge on any atom is -0.478 e. The van der Waals surface area contributed by atoms with E-state index in [0.29, 0.717) is 11.0 Å². The summed E-state index contributed by atoms with van der Waals surface area (Å²) in [6.07, 6.45) is 3.90. The van der Waals surface area contributed by atoms with Gasteiger partial charge in [-0.3, -0.25) is 0 Å². The Kier molecular flexibility index (Phi) is 3.09. The van der Waals surface area contributed by atoms with E-state index in [-0.39, 0.29) is 0 Å². The number of aromatic carboxylic acids is 1. The number of benzene rings is 1. The van der Waals surface area contributed by atoms with Crippen LogP contribution in [0.1, 0.15) is 42.1 Å². The SMILES string of the molecule is Cc1cc(C(=O)O)ccc1NCC1(C)CCC1. The molecule has 0 unspecified atom stereocenters. The van der Waals surface area contributed by atoms with E-state index in [1.807, 2.05) is 13.0 Å². The Morgan fingerprint density at radius 1 is 1.47 bits per heavy atom. The molecular formula is C14H19NO2. The monoisotopic (exact) mass is 233 g/mol. The molecule has 2 N–H and O–H groups in total. The second-order valence-corrected chi connectivity index (χ2v) is 5.35. The lowest BCUT2D eigenvalue weighted by atomic mass is 9.70. The highest BCUT2D eigenvalue weighted by Gasteiger charge is 2.31. The molecule has 1 aromatic carbocycles. The van der Waals surface area contributed by atoms with E-state index >= 15 is 0 Å². The summed E-state index contributed by atoms with van der Waals surface area (Å²) in [4.78, 5) is 10.8. The first-order chi connectivity index (χ1) is 8.00. The van der Waals surface area contributed by atoms with Gasteiger partial charge in [0.15, 0.2) is 0 Å². The van der Waals surface area contributed by atoms with Gasteiger partial charge in [0.2, 0.25) is 0 Å². The van der Waals surface area contributed by atoms with Crippen LogP contribution in [0.25, 0.3) is 0 Å². The summed E-state index contributed by atoms with van der Waals surface area (Å²) in [5.41, 5.74) is 2.82. The summed E-state index contributed by atoms with van der Waals surface area (Å²) >= 11 is 0. The van der Waals surface area contributed by atoms with E-state index in [1.165, 1.54) is 19.3 Å². The van der Waals surface area contributed by atoms with Gasteiger partial charge in [-0.05, 0) is 48.9 Å². The molecule has 1 aromatic rings. The third-order valence-electron chi connectivity index (χ3n) is 3.74. The summed E-state index contributed by atoms with van der Waals surface area (Å²) in [6, 6.07) is 5.23. The smallest absolute Gasteiger partial charge is 0.335 e. The van der Waals surface area contributed by atoms with E-state index in [1.54, 1.807) is 12.1 Å². The van der Waals surface area contributed by atoms with Crippen LogP contribution in [0.4, 0.5) is 5.69 Å². The van der Waals surface area contributed by atoms with Crippen LogP contribution in [0.15, 0.2) is 18.2 Å². The van der Waals surface area contributed by atoms with Crippen molar-refractivity contribution < 1.29 is 9.90 Å². The van der Waals surface area contributed by atoms with Crippen molar-refractivity contribution in [2.24, 2.45) is 5.41 Å². The molecule has 0 amide bonds. The summed E-state index contributed by atoms with van der Waals surface area (Å²) in [5, 5.41) is 12.3. The van der Waals surface area contributed by atoms with Crippen molar-refractivity contribution in [3.8, 4) is 0 Å². The van der Waals surface area contributed by atoms with Crippen LogP contribution in [-0.2, 0) is 0 Å². The molecule has 1 fully saturated rings. The number of carbonyl (C=O) groups is 1. The van der Waals surface area contributed by atoms with E-state index in [9.17, 15) is 4.79 Å². The minimum atomic E-state index is -0.870. The second-order valence-electron chi connectivity index (χ2n) is 5.35. The number of hydrogen-bond donors (Lipinski definition) is 2. The molecular weight excluding hydrogens is 214 g/mol. The molecule has 0 atom stereocenters. The average molecular weight is 233 g/mol. The Labute approximate surface area is 102 Å². The van der Waals surface area contributed by atoms with Gasteiger partial charge in [0.1, 0.15) is 0 Å². The molecule has 0 spiro atoms. The molecule has 3 heteroatoms. The Morgan fingerprint density at radius 2 is 2.18 bits per heavy atom. The fraction of sp³-hybridized carbons (Fsp3) is 0.500. The third kappa shape index (κ3) is 2.60. The van der Waals surface area contributed by atoms with Crippen LogP contribution >= 0.6 is 0 Å². The van der Waals surface area contributed by atoms with Gasteiger partial charge in [-0.15, -0.1) is 0 Å². The van der Waals surface area contributed by atoms with E-state index in [0.717, 1.165) is 17.8 Å². The standard InChI is InChI=1S/C14H19NO2/c1-10-8-11(13(16)17)4-5-12(10)15-9-14(2)6-3-7-14/h4-5,8,15H,3,6-7,9H2,1-2H3,(H,16,17). The molecule has 1 aliphatic carbocycles. The lowest BCUT2D eigenvalue weighted by Gasteiger charge is -2.38. The number of carboxylic acid groups (broad SMARTS) is 1. The maximum atomic E-state index is 10.8. The predicted octanol–water partition coefficient (Wildman–Crippen LogP) is 3.30. The number of rotatable bonds is 4. The average Bonchev–Trinajstić information content (AvgIpc) is 2.24. The number of nitrogens with one attached hydrogen (secondary N) is 1. The van der Waals surface area contributed by atoms with E-state index in [4.69, 9.17) is 5.11 Å². The zero-order valence-corrected chi connectivity index (χ0v) is 10.4. The van der Waals surface area contributed by atoms with Crippen molar-refractivity contribution >= 4 is 11.7 Å². The molecule has 17 heavy (non-hydrogen) atoms. The molecule has 1 saturated carbocycles. The lowest BCUT2D eigenvalue weighted by molar-refractivity contribution is 0.0697. The molecule has 1 aliphatic rings. The minimum absolute atomic E-state index is 0.350. The molecule has 0 aromatic heterocycles. The Bertz CT molecular complexity index is 436. The molecule has 0 heterocycles. The molecule has 92 valence electrons. The first kappa shape index (κ1) is 12.0. The fourth-order valence-electron chi connectivity index (χ4n) is 2.26. The molecule has 0 radical (unpaired) electrons. The number of aryl methyl sites for hydroxylation is 1. The first-order valence-electron chi connectivity index (χ1n) is 6.08. The molecule has 0 aliphatic heterocycles. The van der Waals surface area contributed by atoms with Crippen molar-refractivity contribution in [3.05, 3.63) is 29.3 Å². The van der Waals surface area contributed by atoms with Gasteiger partial charge in [-0.25, -0.2) is 4.79 Å². The van der Waals surface area contributed by atoms with Gasteiger partial charge in [0, 0.05) is 12.2 Å². The first-order valence-corrected chi connectivity index (χ1v) is 6.08. The zero-order chi connectivity index (χ0) is 12.5. The molecule has 3 nitrogen and oxygen atoms in total. The largest absolute Gasteiger partial charge is 0.478 e. The van der Waals surface area contributed by atoms with Crippen LogP contribution in [0.5, 0.6) is 0 Å². The molecule has 2 rings (SSSR count). The van der Waals surface area contributed by atoms with Crippen molar-refractivity contribution in [1.82, 2.24) is 0 Å². The van der Waals surface area contributed by atoms with Gasteiger partial charge in [0.05, 0.1) is 5.56 Å². The van der Waals surface area contributed by atoms with Gasteiger partial charge in [-0.1, -0.05) is 13.3 Å². The normalized spacial score (nSPS) is 17.3. The van der Waals surface area contributed by atoms with Crippen molar-refractivity contribution in [3.63, 3.8) is 0 Å². The van der Waals surface area contributed by atoms with Crippen LogP contribution in [0.2, 0.25) is 0 Å². The highest BCUT2D eigenvalue weighted by molar-refractivity contribution is 5.88. The van der Waals surface area contributed by atoms with Crippen molar-refractivity contribution in [2.45, 2.75) is 33.1 Å². The van der Waals surface area contributed by atoms with Crippen LogP contribution < -0.4 is 5.32 Å². The predicted molar refractivity (Wildman–Crippen MR) is 68.6 cm³/mol. The van der Waals surface area contributed by atoms with E-state index < -0.39 is 5.97 Å². The van der Waals surface area contributed by atoms with Gasteiger partial charge in [-0.2, -0.15) is 0 Å². The summed E-state index contributed by atoms with van der Waals surface area (Å²) in [5.74, 6) is -0.870. The van der Waals surface area contributed by atoms with Gasteiger partial charge in [0.25, 0.3) is 0 Å². The maximum Gasteiger partial charge on any atom is 0.335 e.